The van der Waals surface area contributed by atoms with E-state index in [1.54, 1.807) is 0 Å². The summed E-state index contributed by atoms with van der Waals surface area (Å²) >= 11 is 0. The van der Waals surface area contributed by atoms with Crippen LogP contribution in [-0.4, -0.2) is 12.1 Å². The number of benzene rings is 11. The van der Waals surface area contributed by atoms with Crippen molar-refractivity contribution in [1.82, 2.24) is 0 Å². The maximum atomic E-state index is 2.96. The molecule has 91 heavy (non-hydrogen) atoms. The lowest BCUT2D eigenvalue weighted by Crippen LogP contribution is -2.40. The van der Waals surface area contributed by atoms with E-state index in [1.165, 1.54) is 150 Å². The molecule has 11 aromatic carbocycles. The van der Waals surface area contributed by atoms with Crippen molar-refractivity contribution in [2.75, 3.05) is 14.7 Å². The maximum Gasteiger partial charge on any atom is 0.0465 e. The van der Waals surface area contributed by atoms with Crippen molar-refractivity contribution in [3.05, 3.63) is 306 Å². The van der Waals surface area contributed by atoms with E-state index >= 15 is 0 Å². The minimum Gasteiger partial charge on any atom is -0.365 e. The van der Waals surface area contributed by atoms with Gasteiger partial charge in [-0.25, -0.2) is 0 Å². The highest BCUT2D eigenvalue weighted by Gasteiger charge is 2.53. The average Bonchev–Trinajstić information content (AvgIpc) is 1.64. The van der Waals surface area contributed by atoms with E-state index in [0.29, 0.717) is 41.7 Å². The van der Waals surface area contributed by atoms with Gasteiger partial charge in [-0.15, -0.1) is 0 Å². The Kier molecular flexibility index (Phi) is 14.4. The van der Waals surface area contributed by atoms with Gasteiger partial charge in [-0.3, -0.25) is 0 Å². The Morgan fingerprint density at radius 2 is 0.714 bits per heavy atom. The lowest BCUT2D eigenvalue weighted by atomic mass is 9.66. The Morgan fingerprint density at radius 3 is 1.12 bits per heavy atom. The third kappa shape index (κ3) is 9.93. The number of nitrogens with zero attached hydrogens (tertiary/aromatic N) is 3. The van der Waals surface area contributed by atoms with Crippen molar-refractivity contribution in [3.8, 4) is 44.5 Å². The van der Waals surface area contributed by atoms with Crippen molar-refractivity contribution >= 4 is 39.8 Å². The summed E-state index contributed by atoms with van der Waals surface area (Å²) in [6.07, 6.45) is 8.46. The summed E-state index contributed by atoms with van der Waals surface area (Å²) in [5, 5.41) is 0. The van der Waals surface area contributed by atoms with E-state index in [9.17, 15) is 0 Å². The minimum absolute atomic E-state index is 0.100. The number of anilines is 7. The predicted octanol–water partition coefficient (Wildman–Crippen LogP) is 23.8. The van der Waals surface area contributed by atoms with Crippen LogP contribution in [0.3, 0.4) is 0 Å². The fourth-order valence-corrected chi connectivity index (χ4v) is 17.7. The highest BCUT2D eigenvalue weighted by atomic mass is 15.2. The van der Waals surface area contributed by atoms with E-state index in [2.05, 4.69) is 323 Å². The van der Waals surface area contributed by atoms with Gasteiger partial charge in [0.1, 0.15) is 0 Å². The molecule has 0 radical (unpaired) electrons. The van der Waals surface area contributed by atoms with Crippen molar-refractivity contribution in [2.24, 2.45) is 11.8 Å². The molecule has 3 heteroatoms. The van der Waals surface area contributed by atoms with Crippen LogP contribution in [0.2, 0.25) is 0 Å². The first-order chi connectivity index (χ1) is 44.5. The van der Waals surface area contributed by atoms with Crippen LogP contribution < -0.4 is 14.7 Å². The van der Waals surface area contributed by atoms with Crippen LogP contribution in [0.5, 0.6) is 0 Å². The van der Waals surface area contributed by atoms with Crippen LogP contribution in [-0.2, 0) is 10.8 Å². The first-order valence-corrected chi connectivity index (χ1v) is 34.0. The number of fused-ring (bicyclic) bond motifs is 9. The molecule has 16 rings (SSSR count). The Labute approximate surface area is 540 Å². The van der Waals surface area contributed by atoms with Crippen LogP contribution >= 0.6 is 0 Å². The number of hydrogen-bond donors (Lipinski definition) is 0. The molecule has 4 aliphatic carbocycles. The smallest absolute Gasteiger partial charge is 0.0465 e. The van der Waals surface area contributed by atoms with Crippen LogP contribution in [0.25, 0.3) is 44.5 Å². The largest absolute Gasteiger partial charge is 0.365 e. The van der Waals surface area contributed by atoms with E-state index in [4.69, 9.17) is 0 Å². The molecule has 7 unspecified atom stereocenters. The Morgan fingerprint density at radius 1 is 0.363 bits per heavy atom. The first-order valence-electron chi connectivity index (χ1n) is 34.0. The molecule has 2 saturated carbocycles. The van der Waals surface area contributed by atoms with Crippen molar-refractivity contribution in [3.63, 3.8) is 0 Å². The third-order valence-electron chi connectivity index (χ3n) is 22.7. The quantitative estimate of drug-likeness (QED) is 0.114. The third-order valence-corrected chi connectivity index (χ3v) is 22.7. The fourth-order valence-electron chi connectivity index (χ4n) is 17.7. The van der Waals surface area contributed by atoms with E-state index in [-0.39, 0.29) is 10.8 Å². The van der Waals surface area contributed by atoms with Gasteiger partial charge in [0.25, 0.3) is 0 Å². The monoisotopic (exact) mass is 1180 g/mol. The lowest BCUT2D eigenvalue weighted by molar-refractivity contribution is 0.203. The van der Waals surface area contributed by atoms with E-state index < -0.39 is 0 Å². The van der Waals surface area contributed by atoms with Crippen LogP contribution in [0.15, 0.2) is 267 Å². The van der Waals surface area contributed by atoms with Crippen LogP contribution in [0.1, 0.15) is 143 Å². The van der Waals surface area contributed by atoms with Gasteiger partial charge in [-0.2, -0.15) is 0 Å². The van der Waals surface area contributed by atoms with Crippen molar-refractivity contribution in [2.45, 2.75) is 127 Å². The average molecular weight is 1180 g/mol. The predicted molar refractivity (Wildman–Crippen MR) is 384 cm³/mol. The molecule has 5 aliphatic rings. The Hall–Kier alpha value is -9.18. The molecule has 11 aromatic rings. The first kappa shape index (κ1) is 57.0. The Bertz CT molecular complexity index is 4170. The van der Waals surface area contributed by atoms with Crippen molar-refractivity contribution < 1.29 is 0 Å². The van der Waals surface area contributed by atoms with Gasteiger partial charge in [0.15, 0.2) is 0 Å². The highest BCUT2D eigenvalue weighted by molar-refractivity contribution is 5.88. The summed E-state index contributed by atoms with van der Waals surface area (Å²) in [4.78, 5) is 7.94. The number of hydrogen-bond acceptors (Lipinski definition) is 3. The molecule has 0 spiro atoms. The number of rotatable bonds is 13. The molecule has 3 nitrogen and oxygen atoms in total. The standard InChI is InChI=1S/C88H83N3/c1-7-58(2)59-26-38-72(39-27-59)91-85-52-36-66(64-32-44-70(45-33-64)89(68-40-28-62(29-41-68)60-18-10-8-11-19-60)73-48-50-77-75-22-14-16-24-81(75)87(3,4)83(77)56-73)54-79(85)80-55-67(37-53-86(80)91)65-34-46-71(47-35-65)90(69-42-30-63(31-43-69)61-20-12-9-13-21-61)74-49-51-78-76-23-15-17-25-82(76)88(5,6)84(78)57-74/h8-35,38-51,56-58,66-67,79-80,85-86H,7,36-37,52-55H2,1-6H3. The van der Waals surface area contributed by atoms with Gasteiger partial charge in [-0.05, 0) is 243 Å². The van der Waals surface area contributed by atoms with Gasteiger partial charge in [-0.1, -0.05) is 224 Å². The fraction of sp³-hybridized carbons (Fsp3) is 0.250. The summed E-state index contributed by atoms with van der Waals surface area (Å²) in [5.74, 6) is 2.81. The summed E-state index contributed by atoms with van der Waals surface area (Å²) in [6.45, 7) is 14.2. The molecule has 450 valence electrons. The zero-order valence-corrected chi connectivity index (χ0v) is 53.7. The zero-order valence-electron chi connectivity index (χ0n) is 53.7. The summed E-state index contributed by atoms with van der Waals surface area (Å²) in [6, 6.07) is 103. The highest BCUT2D eigenvalue weighted by Crippen LogP contribution is 2.58. The van der Waals surface area contributed by atoms with Crippen LogP contribution in [0.4, 0.5) is 39.8 Å². The summed E-state index contributed by atoms with van der Waals surface area (Å²) in [7, 11) is 0. The SMILES string of the molecule is CCC(C)c1ccc(N2C3CCC(c4ccc(N(c5ccc(-c6ccccc6)cc5)c5ccc6c(c5)C(C)(C)c5ccccc5-6)cc4)CC3C3CC(c4ccc(N(c5ccc(-c6ccccc6)cc5)c5ccc6c(c5)C(C)(C)c5ccccc5-6)cc4)CCC32)cc1. The topological polar surface area (TPSA) is 9.72 Å². The molecule has 0 bridgehead atoms. The molecule has 0 amide bonds. The van der Waals surface area contributed by atoms with E-state index in [1.807, 2.05) is 0 Å². The van der Waals surface area contributed by atoms with Gasteiger partial charge >= 0.3 is 0 Å². The van der Waals surface area contributed by atoms with Crippen LogP contribution in [0, 0.1) is 11.8 Å². The van der Waals surface area contributed by atoms with Gasteiger partial charge in [0.2, 0.25) is 0 Å². The van der Waals surface area contributed by atoms with Gasteiger partial charge < -0.3 is 14.7 Å². The molecule has 1 aliphatic heterocycles. The molecule has 7 atom stereocenters. The van der Waals surface area contributed by atoms with Gasteiger partial charge in [0, 0.05) is 62.7 Å². The second-order valence-electron chi connectivity index (χ2n) is 28.3. The zero-order chi connectivity index (χ0) is 61.5. The second-order valence-corrected chi connectivity index (χ2v) is 28.3. The molecule has 0 N–H and O–H groups in total. The van der Waals surface area contributed by atoms with E-state index in [0.717, 1.165) is 17.8 Å². The normalized spacial score (nSPS) is 20.7. The maximum absolute atomic E-state index is 2.96. The molecular weight excluding hydrogens is 1100 g/mol. The van der Waals surface area contributed by atoms with Gasteiger partial charge in [0.05, 0.1) is 0 Å². The summed E-state index contributed by atoms with van der Waals surface area (Å²) in [5.41, 5.74) is 28.7. The second kappa shape index (κ2) is 22.9. The molecule has 3 fully saturated rings. The van der Waals surface area contributed by atoms with Crippen molar-refractivity contribution in [1.29, 1.82) is 0 Å². The minimum atomic E-state index is -0.100. The molecule has 0 aromatic heterocycles. The lowest BCUT2D eigenvalue weighted by Gasteiger charge is -2.39. The summed E-state index contributed by atoms with van der Waals surface area (Å²) < 4.78 is 0. The molecule has 1 saturated heterocycles. The molecular formula is C88H83N3. The molecule has 1 heterocycles. The Balaban J connectivity index is 0.705.